The molecule has 118 valence electrons. The Morgan fingerprint density at radius 1 is 1.48 bits per heavy atom. The first-order valence-corrected chi connectivity index (χ1v) is 8.38. The van der Waals surface area contributed by atoms with Crippen LogP contribution in [0.4, 0.5) is 0 Å². The molecular formula is C14H24N4O2S. The van der Waals surface area contributed by atoms with Gasteiger partial charge in [-0.15, -0.1) is 5.10 Å². The zero-order valence-corrected chi connectivity index (χ0v) is 13.5. The first kappa shape index (κ1) is 16.3. The number of rotatable bonds is 7. The van der Waals surface area contributed by atoms with E-state index in [4.69, 9.17) is 4.74 Å². The Morgan fingerprint density at radius 3 is 2.95 bits per heavy atom. The van der Waals surface area contributed by atoms with Crippen LogP contribution in [0.1, 0.15) is 54.4 Å². The molecule has 0 spiro atoms. The van der Waals surface area contributed by atoms with Gasteiger partial charge in [0.2, 0.25) is 0 Å². The molecule has 1 aromatic rings. The van der Waals surface area contributed by atoms with Crippen LogP contribution in [-0.2, 0) is 4.74 Å². The number of nitrogens with one attached hydrogen (secondary N) is 2. The summed E-state index contributed by atoms with van der Waals surface area (Å²) in [6, 6.07) is 0. The molecule has 2 heterocycles. The molecule has 6 nitrogen and oxygen atoms in total. The first-order chi connectivity index (χ1) is 10.2. The molecule has 0 bridgehead atoms. The third-order valence-electron chi connectivity index (χ3n) is 3.51. The van der Waals surface area contributed by atoms with Crippen LogP contribution in [0.3, 0.4) is 0 Å². The van der Waals surface area contributed by atoms with Gasteiger partial charge >= 0.3 is 0 Å². The highest BCUT2D eigenvalue weighted by atomic mass is 32.1. The molecule has 0 atom stereocenters. The molecule has 1 saturated heterocycles. The maximum atomic E-state index is 12.1. The standard InChI is InChI=1S/C14H24N4O2S/c1-10(2)12-13(21-18-17-12)14(19)16-6-3-9-20-11-4-7-15-8-5-11/h10-11,15H,3-9H2,1-2H3,(H,16,19). The fourth-order valence-electron chi connectivity index (χ4n) is 2.30. The lowest BCUT2D eigenvalue weighted by Gasteiger charge is -2.22. The minimum absolute atomic E-state index is 0.0735. The largest absolute Gasteiger partial charge is 0.378 e. The molecular weight excluding hydrogens is 288 g/mol. The smallest absolute Gasteiger partial charge is 0.264 e. The van der Waals surface area contributed by atoms with E-state index in [1.807, 2.05) is 13.8 Å². The second-order valence-corrected chi connectivity index (χ2v) is 6.33. The van der Waals surface area contributed by atoms with E-state index in [1.54, 1.807) is 0 Å². The third-order valence-corrected chi connectivity index (χ3v) is 4.25. The highest BCUT2D eigenvalue weighted by Crippen LogP contribution is 2.19. The van der Waals surface area contributed by atoms with Crippen molar-refractivity contribution in [2.45, 2.75) is 45.1 Å². The van der Waals surface area contributed by atoms with Gasteiger partial charge in [0.1, 0.15) is 4.88 Å². The Morgan fingerprint density at radius 2 is 2.24 bits per heavy atom. The van der Waals surface area contributed by atoms with Gasteiger partial charge in [-0.2, -0.15) is 0 Å². The van der Waals surface area contributed by atoms with Crippen molar-refractivity contribution >= 4 is 17.4 Å². The summed E-state index contributed by atoms with van der Waals surface area (Å²) in [6.45, 7) is 7.43. The van der Waals surface area contributed by atoms with Crippen molar-refractivity contribution < 1.29 is 9.53 Å². The highest BCUT2D eigenvalue weighted by Gasteiger charge is 2.18. The van der Waals surface area contributed by atoms with E-state index in [-0.39, 0.29) is 11.8 Å². The molecule has 0 radical (unpaired) electrons. The summed E-state index contributed by atoms with van der Waals surface area (Å²) < 4.78 is 9.67. The molecule has 7 heteroatoms. The number of hydrogen-bond donors (Lipinski definition) is 2. The van der Waals surface area contributed by atoms with Crippen LogP contribution >= 0.6 is 11.5 Å². The zero-order valence-electron chi connectivity index (χ0n) is 12.7. The number of aromatic nitrogens is 2. The monoisotopic (exact) mass is 312 g/mol. The van der Waals surface area contributed by atoms with Crippen LogP contribution in [0.25, 0.3) is 0 Å². The molecule has 1 aliphatic rings. The molecule has 2 rings (SSSR count). The van der Waals surface area contributed by atoms with E-state index in [1.165, 1.54) is 0 Å². The lowest BCUT2D eigenvalue weighted by Crippen LogP contribution is -2.33. The van der Waals surface area contributed by atoms with Crippen molar-refractivity contribution in [3.8, 4) is 0 Å². The predicted octanol–water partition coefficient (Wildman–Crippen LogP) is 1.55. The van der Waals surface area contributed by atoms with Crippen molar-refractivity contribution in [3.05, 3.63) is 10.6 Å². The van der Waals surface area contributed by atoms with Gasteiger partial charge in [0.25, 0.3) is 5.91 Å². The number of carbonyl (C=O) groups is 1. The molecule has 0 saturated carbocycles. The van der Waals surface area contributed by atoms with E-state index in [9.17, 15) is 4.79 Å². The normalized spacial score (nSPS) is 16.3. The molecule has 1 aromatic heterocycles. The molecule has 0 aromatic carbocycles. The first-order valence-electron chi connectivity index (χ1n) is 7.61. The van der Waals surface area contributed by atoms with Crippen LogP contribution in [0.5, 0.6) is 0 Å². The van der Waals surface area contributed by atoms with Gasteiger partial charge < -0.3 is 15.4 Å². The molecule has 0 aliphatic carbocycles. The maximum absolute atomic E-state index is 12.1. The van der Waals surface area contributed by atoms with Crippen molar-refractivity contribution in [1.29, 1.82) is 0 Å². The second-order valence-electron chi connectivity index (χ2n) is 5.57. The van der Waals surface area contributed by atoms with Gasteiger partial charge in [-0.1, -0.05) is 18.3 Å². The number of carbonyl (C=O) groups excluding carboxylic acids is 1. The quantitative estimate of drug-likeness (QED) is 0.747. The average molecular weight is 312 g/mol. The van der Waals surface area contributed by atoms with Gasteiger partial charge in [-0.05, 0) is 49.8 Å². The van der Waals surface area contributed by atoms with Gasteiger partial charge in [-0.3, -0.25) is 4.79 Å². The third kappa shape index (κ3) is 5.01. The van der Waals surface area contributed by atoms with Crippen molar-refractivity contribution in [2.75, 3.05) is 26.2 Å². The molecule has 1 aliphatic heterocycles. The van der Waals surface area contributed by atoms with Crippen LogP contribution in [-0.4, -0.2) is 47.8 Å². The number of amides is 1. The number of ether oxygens (including phenoxy) is 1. The van der Waals surface area contributed by atoms with Gasteiger partial charge in [-0.25, -0.2) is 0 Å². The Kier molecular flexibility index (Phi) is 6.53. The number of nitrogens with zero attached hydrogens (tertiary/aromatic N) is 2. The summed E-state index contributed by atoms with van der Waals surface area (Å²) in [5.41, 5.74) is 0.781. The van der Waals surface area contributed by atoms with E-state index >= 15 is 0 Å². The predicted molar refractivity (Wildman–Crippen MR) is 82.8 cm³/mol. The van der Waals surface area contributed by atoms with Crippen LogP contribution in [0.15, 0.2) is 0 Å². The average Bonchev–Trinajstić information content (AvgIpc) is 2.97. The minimum atomic E-state index is -0.0735. The topological polar surface area (TPSA) is 76.1 Å². The second kappa shape index (κ2) is 8.41. The Balaban J connectivity index is 1.64. The van der Waals surface area contributed by atoms with Crippen LogP contribution < -0.4 is 10.6 Å². The van der Waals surface area contributed by atoms with E-state index in [0.29, 0.717) is 24.1 Å². The van der Waals surface area contributed by atoms with Gasteiger partial charge in [0, 0.05) is 13.2 Å². The van der Waals surface area contributed by atoms with Crippen LogP contribution in [0, 0.1) is 0 Å². The lowest BCUT2D eigenvalue weighted by molar-refractivity contribution is 0.0318. The summed E-state index contributed by atoms with van der Waals surface area (Å²) in [6.07, 6.45) is 3.37. The molecule has 21 heavy (non-hydrogen) atoms. The van der Waals surface area contributed by atoms with Crippen LogP contribution in [0.2, 0.25) is 0 Å². The number of piperidine rings is 1. The fraction of sp³-hybridized carbons (Fsp3) is 0.786. The summed E-state index contributed by atoms with van der Waals surface area (Å²) >= 11 is 1.16. The summed E-state index contributed by atoms with van der Waals surface area (Å²) in [4.78, 5) is 12.7. The van der Waals surface area contributed by atoms with Crippen molar-refractivity contribution in [2.24, 2.45) is 0 Å². The Labute approximate surface area is 129 Å². The number of hydrogen-bond acceptors (Lipinski definition) is 6. The molecule has 1 amide bonds. The maximum Gasteiger partial charge on any atom is 0.264 e. The fourth-order valence-corrected chi connectivity index (χ4v) is 3.03. The lowest BCUT2D eigenvalue weighted by atomic mass is 10.1. The Hall–Kier alpha value is -1.05. The van der Waals surface area contributed by atoms with Crippen molar-refractivity contribution in [1.82, 2.24) is 20.2 Å². The molecule has 0 unspecified atom stereocenters. The summed E-state index contributed by atoms with van der Waals surface area (Å²) in [7, 11) is 0. The summed E-state index contributed by atoms with van der Waals surface area (Å²) in [5, 5.41) is 10.3. The molecule has 2 N–H and O–H groups in total. The highest BCUT2D eigenvalue weighted by molar-refractivity contribution is 7.08. The SMILES string of the molecule is CC(C)c1nnsc1C(=O)NCCCOC1CCNCC1. The van der Waals surface area contributed by atoms with E-state index < -0.39 is 0 Å². The minimum Gasteiger partial charge on any atom is -0.378 e. The van der Waals surface area contributed by atoms with E-state index in [0.717, 1.165) is 49.6 Å². The molecule has 1 fully saturated rings. The Bertz CT molecular complexity index is 444. The van der Waals surface area contributed by atoms with Crippen molar-refractivity contribution in [3.63, 3.8) is 0 Å². The van der Waals surface area contributed by atoms with Gasteiger partial charge in [0.15, 0.2) is 0 Å². The summed E-state index contributed by atoms with van der Waals surface area (Å²) in [5.74, 6) is 0.142. The zero-order chi connectivity index (χ0) is 15.1. The van der Waals surface area contributed by atoms with Gasteiger partial charge in [0.05, 0.1) is 11.8 Å². The van der Waals surface area contributed by atoms with E-state index in [2.05, 4.69) is 20.2 Å².